The second kappa shape index (κ2) is 17.7. The first-order valence-corrected chi connectivity index (χ1v) is 12.3. The SMILES string of the molecule is CCCCCCCCCCCCCCCCCNC[C@H]1O[C@@H](C)[C@H](OC)[C@@H]1O. The van der Waals surface area contributed by atoms with Crippen LogP contribution in [0.15, 0.2) is 0 Å². The summed E-state index contributed by atoms with van der Waals surface area (Å²) >= 11 is 0. The minimum Gasteiger partial charge on any atom is -0.388 e. The Morgan fingerprint density at radius 2 is 1.25 bits per heavy atom. The first kappa shape index (κ1) is 25.9. The molecule has 0 spiro atoms. The smallest absolute Gasteiger partial charge is 0.111 e. The van der Waals surface area contributed by atoms with Crippen molar-refractivity contribution >= 4 is 0 Å². The monoisotopic (exact) mass is 399 g/mol. The fourth-order valence-electron chi connectivity index (χ4n) is 4.29. The lowest BCUT2D eigenvalue weighted by Crippen LogP contribution is -2.38. The predicted molar refractivity (Wildman–Crippen MR) is 119 cm³/mol. The van der Waals surface area contributed by atoms with Crippen LogP contribution in [0.2, 0.25) is 0 Å². The van der Waals surface area contributed by atoms with Crippen LogP contribution in [0, 0.1) is 0 Å². The Morgan fingerprint density at radius 3 is 1.68 bits per heavy atom. The molecule has 1 rings (SSSR count). The number of ether oxygens (including phenoxy) is 2. The van der Waals surface area contributed by atoms with E-state index in [1.807, 2.05) is 6.92 Å². The number of methoxy groups -OCH3 is 1. The molecule has 0 unspecified atom stereocenters. The molecule has 0 aliphatic carbocycles. The average molecular weight is 400 g/mol. The Balaban J connectivity index is 1.77. The molecule has 168 valence electrons. The number of unbranched alkanes of at least 4 members (excludes halogenated alkanes) is 14. The summed E-state index contributed by atoms with van der Waals surface area (Å²) < 4.78 is 11.1. The van der Waals surface area contributed by atoms with E-state index in [1.165, 1.54) is 96.3 Å². The Kier molecular flexibility index (Phi) is 16.3. The molecular formula is C24H49NO3. The topological polar surface area (TPSA) is 50.7 Å². The van der Waals surface area contributed by atoms with Gasteiger partial charge in [0.2, 0.25) is 0 Å². The van der Waals surface area contributed by atoms with Crippen LogP contribution in [0.4, 0.5) is 0 Å². The van der Waals surface area contributed by atoms with E-state index in [9.17, 15) is 5.11 Å². The van der Waals surface area contributed by atoms with Crippen LogP contribution >= 0.6 is 0 Å². The third-order valence-electron chi connectivity index (χ3n) is 6.14. The molecule has 0 saturated carbocycles. The van der Waals surface area contributed by atoms with Crippen molar-refractivity contribution in [2.45, 2.75) is 135 Å². The third-order valence-corrected chi connectivity index (χ3v) is 6.14. The fraction of sp³-hybridized carbons (Fsp3) is 1.00. The molecule has 0 amide bonds. The Bertz CT molecular complexity index is 340. The van der Waals surface area contributed by atoms with Crippen LogP contribution < -0.4 is 5.32 Å². The van der Waals surface area contributed by atoms with Crippen molar-refractivity contribution in [3.8, 4) is 0 Å². The normalized spacial score (nSPS) is 24.9. The van der Waals surface area contributed by atoms with Crippen LogP contribution in [0.25, 0.3) is 0 Å². The number of rotatable bonds is 19. The number of nitrogens with one attached hydrogen (secondary N) is 1. The van der Waals surface area contributed by atoms with Crippen LogP contribution in [-0.2, 0) is 9.47 Å². The summed E-state index contributed by atoms with van der Waals surface area (Å²) in [7, 11) is 1.64. The summed E-state index contributed by atoms with van der Waals surface area (Å²) in [5, 5.41) is 13.6. The second-order valence-electron chi connectivity index (χ2n) is 8.72. The van der Waals surface area contributed by atoms with Gasteiger partial charge in [-0.15, -0.1) is 0 Å². The lowest BCUT2D eigenvalue weighted by Gasteiger charge is -2.17. The molecular weight excluding hydrogens is 350 g/mol. The second-order valence-corrected chi connectivity index (χ2v) is 8.72. The highest BCUT2D eigenvalue weighted by molar-refractivity contribution is 4.90. The van der Waals surface area contributed by atoms with Gasteiger partial charge in [-0.1, -0.05) is 96.8 Å². The maximum atomic E-state index is 10.2. The van der Waals surface area contributed by atoms with Gasteiger partial charge in [-0.25, -0.2) is 0 Å². The van der Waals surface area contributed by atoms with E-state index in [0.29, 0.717) is 6.54 Å². The van der Waals surface area contributed by atoms with Gasteiger partial charge in [-0.2, -0.15) is 0 Å². The summed E-state index contributed by atoms with van der Waals surface area (Å²) in [5.74, 6) is 0. The van der Waals surface area contributed by atoms with Crippen LogP contribution in [0.3, 0.4) is 0 Å². The van der Waals surface area contributed by atoms with Gasteiger partial charge in [-0.05, 0) is 19.9 Å². The number of aliphatic hydroxyl groups is 1. The molecule has 4 atom stereocenters. The molecule has 1 saturated heterocycles. The van der Waals surface area contributed by atoms with Crippen molar-refractivity contribution < 1.29 is 14.6 Å². The molecule has 0 aromatic carbocycles. The van der Waals surface area contributed by atoms with Crippen molar-refractivity contribution in [3.63, 3.8) is 0 Å². The van der Waals surface area contributed by atoms with Gasteiger partial charge >= 0.3 is 0 Å². The van der Waals surface area contributed by atoms with Crippen LogP contribution in [-0.4, -0.2) is 49.7 Å². The molecule has 0 aromatic rings. The van der Waals surface area contributed by atoms with Crippen molar-refractivity contribution in [1.29, 1.82) is 0 Å². The van der Waals surface area contributed by atoms with Crippen LogP contribution in [0.5, 0.6) is 0 Å². The molecule has 28 heavy (non-hydrogen) atoms. The molecule has 4 nitrogen and oxygen atoms in total. The summed E-state index contributed by atoms with van der Waals surface area (Å²) in [6.45, 7) is 5.97. The fourth-order valence-corrected chi connectivity index (χ4v) is 4.29. The standard InChI is InChI=1S/C24H49NO3/c1-4-5-6-7-8-9-10-11-12-13-14-15-16-17-18-19-25-20-22-23(26)24(27-3)21(2)28-22/h21-26H,4-20H2,1-3H3/t21-,22+,23+,24-/m0/s1. The van der Waals surface area contributed by atoms with Crippen molar-refractivity contribution in [1.82, 2.24) is 5.32 Å². The lowest BCUT2D eigenvalue weighted by molar-refractivity contribution is -0.00368. The molecule has 1 heterocycles. The largest absolute Gasteiger partial charge is 0.388 e. The van der Waals surface area contributed by atoms with Crippen molar-refractivity contribution in [3.05, 3.63) is 0 Å². The molecule has 1 aliphatic rings. The van der Waals surface area contributed by atoms with E-state index < -0.39 is 6.10 Å². The van der Waals surface area contributed by atoms with Gasteiger partial charge < -0.3 is 19.9 Å². The van der Waals surface area contributed by atoms with Gasteiger partial charge in [0.1, 0.15) is 12.2 Å². The number of aliphatic hydroxyl groups excluding tert-OH is 1. The van der Waals surface area contributed by atoms with Crippen molar-refractivity contribution in [2.24, 2.45) is 0 Å². The van der Waals surface area contributed by atoms with Crippen molar-refractivity contribution in [2.75, 3.05) is 20.2 Å². The molecule has 4 heteroatoms. The van der Waals surface area contributed by atoms with Gasteiger partial charge in [0.05, 0.1) is 12.2 Å². The van der Waals surface area contributed by atoms with Gasteiger partial charge in [0, 0.05) is 13.7 Å². The lowest BCUT2D eigenvalue weighted by atomic mass is 10.0. The van der Waals surface area contributed by atoms with E-state index in [1.54, 1.807) is 7.11 Å². The highest BCUT2D eigenvalue weighted by Crippen LogP contribution is 2.22. The minimum atomic E-state index is -0.520. The summed E-state index contributed by atoms with van der Waals surface area (Å²) in [4.78, 5) is 0. The summed E-state index contributed by atoms with van der Waals surface area (Å²) in [5.41, 5.74) is 0. The van der Waals surface area contributed by atoms with E-state index in [0.717, 1.165) is 6.54 Å². The van der Waals surface area contributed by atoms with Gasteiger partial charge in [-0.3, -0.25) is 0 Å². The van der Waals surface area contributed by atoms with Crippen LogP contribution in [0.1, 0.15) is 110 Å². The molecule has 2 N–H and O–H groups in total. The molecule has 0 bridgehead atoms. The van der Waals surface area contributed by atoms with E-state index in [4.69, 9.17) is 9.47 Å². The minimum absolute atomic E-state index is 0.0300. The van der Waals surface area contributed by atoms with Gasteiger partial charge in [0.15, 0.2) is 0 Å². The molecule has 0 radical (unpaired) electrons. The van der Waals surface area contributed by atoms with E-state index in [-0.39, 0.29) is 18.3 Å². The molecule has 0 aromatic heterocycles. The molecule has 1 aliphatic heterocycles. The zero-order chi connectivity index (χ0) is 20.5. The Labute approximate surface area is 175 Å². The highest BCUT2D eigenvalue weighted by atomic mass is 16.6. The molecule has 1 fully saturated rings. The quantitative estimate of drug-likeness (QED) is 0.277. The zero-order valence-corrected chi connectivity index (χ0v) is 19.1. The Hall–Kier alpha value is -0.160. The maximum Gasteiger partial charge on any atom is 0.111 e. The first-order valence-electron chi connectivity index (χ1n) is 12.3. The summed E-state index contributed by atoms with van der Waals surface area (Å²) in [6.07, 6.45) is 20.1. The Morgan fingerprint density at radius 1 is 0.786 bits per heavy atom. The highest BCUT2D eigenvalue weighted by Gasteiger charge is 2.41. The van der Waals surface area contributed by atoms with E-state index in [2.05, 4.69) is 12.2 Å². The number of hydrogen-bond donors (Lipinski definition) is 2. The maximum absolute atomic E-state index is 10.2. The van der Waals surface area contributed by atoms with Gasteiger partial charge in [0.25, 0.3) is 0 Å². The zero-order valence-electron chi connectivity index (χ0n) is 19.1. The first-order chi connectivity index (χ1) is 13.7. The third kappa shape index (κ3) is 11.7. The predicted octanol–water partition coefficient (Wildman–Crippen LogP) is 5.61. The number of hydrogen-bond acceptors (Lipinski definition) is 4. The summed E-state index contributed by atoms with van der Waals surface area (Å²) in [6, 6.07) is 0. The average Bonchev–Trinajstić information content (AvgIpc) is 2.97. The van der Waals surface area contributed by atoms with E-state index >= 15 is 0 Å².